The first-order valence-corrected chi connectivity index (χ1v) is 7.10. The average molecular weight is 357 g/mol. The Hall–Kier alpha value is -2.54. The van der Waals surface area contributed by atoms with Gasteiger partial charge in [0.2, 0.25) is 0 Å². The Labute approximate surface area is 140 Å². The van der Waals surface area contributed by atoms with Gasteiger partial charge in [-0.3, -0.25) is 4.79 Å². The Morgan fingerprint density at radius 2 is 1.83 bits per heavy atom. The molecule has 0 unspecified atom stereocenters. The smallest absolute Gasteiger partial charge is 0.417 e. The maximum atomic E-state index is 12.8. The van der Waals surface area contributed by atoms with Crippen LogP contribution in [0.15, 0.2) is 53.6 Å². The van der Waals surface area contributed by atoms with E-state index in [1.165, 1.54) is 18.2 Å². The van der Waals surface area contributed by atoms with E-state index >= 15 is 0 Å². The molecule has 0 saturated heterocycles. The Morgan fingerprint density at radius 1 is 1.17 bits per heavy atom. The second-order valence-electron chi connectivity index (χ2n) is 4.62. The van der Waals surface area contributed by atoms with Crippen LogP contribution in [0, 0.1) is 0 Å². The molecule has 0 radical (unpaired) electrons. The number of benzene rings is 2. The molecule has 0 fully saturated rings. The monoisotopic (exact) mass is 356 g/mol. The molecular weight excluding hydrogens is 345 g/mol. The van der Waals surface area contributed by atoms with Crippen LogP contribution in [0.4, 0.5) is 13.2 Å². The van der Waals surface area contributed by atoms with E-state index in [-0.39, 0.29) is 12.2 Å². The fourth-order valence-electron chi connectivity index (χ4n) is 1.75. The van der Waals surface area contributed by atoms with Gasteiger partial charge in [0.15, 0.2) is 6.61 Å². The SMILES string of the molecule is O=C(COc1ccc(Cl)cc1)N/N=C\c1ccccc1C(F)(F)F. The van der Waals surface area contributed by atoms with Crippen molar-refractivity contribution < 1.29 is 22.7 Å². The summed E-state index contributed by atoms with van der Waals surface area (Å²) in [6.07, 6.45) is -3.56. The Kier molecular flexibility index (Phi) is 5.81. The number of ether oxygens (including phenoxy) is 1. The van der Waals surface area contributed by atoms with E-state index in [2.05, 4.69) is 10.5 Å². The minimum atomic E-state index is -4.50. The molecule has 4 nitrogen and oxygen atoms in total. The maximum absolute atomic E-state index is 12.8. The van der Waals surface area contributed by atoms with Crippen molar-refractivity contribution in [2.24, 2.45) is 5.10 Å². The van der Waals surface area contributed by atoms with Crippen molar-refractivity contribution in [2.45, 2.75) is 6.18 Å². The van der Waals surface area contributed by atoms with Crippen LogP contribution in [0.2, 0.25) is 5.02 Å². The zero-order valence-corrected chi connectivity index (χ0v) is 12.9. The van der Waals surface area contributed by atoms with Gasteiger partial charge in [0, 0.05) is 10.6 Å². The molecule has 2 aromatic rings. The van der Waals surface area contributed by atoms with Gasteiger partial charge in [0.05, 0.1) is 11.8 Å². The Bertz CT molecular complexity index is 731. The molecule has 0 aliphatic rings. The number of halogens is 4. The predicted octanol–water partition coefficient (Wildman–Crippen LogP) is 3.89. The van der Waals surface area contributed by atoms with Crippen molar-refractivity contribution >= 4 is 23.7 Å². The van der Waals surface area contributed by atoms with Crippen LogP contribution < -0.4 is 10.2 Å². The molecule has 2 rings (SSSR count). The van der Waals surface area contributed by atoms with Gasteiger partial charge < -0.3 is 4.74 Å². The topological polar surface area (TPSA) is 50.7 Å². The minimum absolute atomic E-state index is 0.149. The van der Waals surface area contributed by atoms with Crippen LogP contribution in [-0.2, 0) is 11.0 Å². The van der Waals surface area contributed by atoms with Crippen LogP contribution in [0.25, 0.3) is 0 Å². The third-order valence-electron chi connectivity index (χ3n) is 2.84. The summed E-state index contributed by atoms with van der Waals surface area (Å²) >= 11 is 5.71. The van der Waals surface area contributed by atoms with Crippen molar-refractivity contribution in [1.29, 1.82) is 0 Å². The number of carbonyl (C=O) groups is 1. The number of carbonyl (C=O) groups excluding carboxylic acids is 1. The molecule has 1 N–H and O–H groups in total. The summed E-state index contributed by atoms with van der Waals surface area (Å²) in [6.45, 7) is -0.333. The molecule has 0 bridgehead atoms. The number of hydrogen-bond donors (Lipinski definition) is 1. The lowest BCUT2D eigenvalue weighted by atomic mass is 10.1. The van der Waals surface area contributed by atoms with E-state index in [1.54, 1.807) is 24.3 Å². The highest BCUT2D eigenvalue weighted by Crippen LogP contribution is 2.31. The summed E-state index contributed by atoms with van der Waals surface area (Å²) in [4.78, 5) is 11.6. The lowest BCUT2D eigenvalue weighted by molar-refractivity contribution is -0.137. The van der Waals surface area contributed by atoms with Gasteiger partial charge in [0.25, 0.3) is 5.91 Å². The molecule has 1 amide bonds. The number of hydrogen-bond acceptors (Lipinski definition) is 3. The molecule has 126 valence electrons. The zero-order chi connectivity index (χ0) is 17.6. The average Bonchev–Trinajstić information content (AvgIpc) is 2.54. The molecule has 0 aliphatic carbocycles. The number of nitrogens with zero attached hydrogens (tertiary/aromatic N) is 1. The summed E-state index contributed by atoms with van der Waals surface area (Å²) in [6, 6.07) is 11.3. The lowest BCUT2D eigenvalue weighted by Gasteiger charge is -2.09. The number of hydrazone groups is 1. The molecule has 0 saturated carbocycles. The fraction of sp³-hybridized carbons (Fsp3) is 0.125. The molecule has 0 spiro atoms. The van der Waals surface area contributed by atoms with Gasteiger partial charge in [-0.1, -0.05) is 29.8 Å². The predicted molar refractivity (Wildman–Crippen MR) is 84.1 cm³/mol. The first kappa shape index (κ1) is 17.8. The molecule has 0 aromatic heterocycles. The first-order chi connectivity index (χ1) is 11.4. The molecule has 0 heterocycles. The van der Waals surface area contributed by atoms with Gasteiger partial charge in [-0.25, -0.2) is 5.43 Å². The van der Waals surface area contributed by atoms with E-state index in [4.69, 9.17) is 16.3 Å². The Balaban J connectivity index is 1.90. The molecule has 2 aromatic carbocycles. The van der Waals surface area contributed by atoms with Crippen LogP contribution in [0.5, 0.6) is 5.75 Å². The summed E-state index contributed by atoms with van der Waals surface area (Å²) in [5, 5.41) is 4.04. The van der Waals surface area contributed by atoms with E-state index in [0.29, 0.717) is 10.8 Å². The van der Waals surface area contributed by atoms with Crippen LogP contribution in [-0.4, -0.2) is 18.7 Å². The van der Waals surface area contributed by atoms with E-state index in [0.717, 1.165) is 12.3 Å². The minimum Gasteiger partial charge on any atom is -0.484 e. The number of amides is 1. The van der Waals surface area contributed by atoms with Gasteiger partial charge >= 0.3 is 6.18 Å². The summed E-state index contributed by atoms with van der Waals surface area (Å²) in [7, 11) is 0. The number of rotatable bonds is 5. The molecular formula is C16H12ClF3N2O2. The number of nitrogens with one attached hydrogen (secondary N) is 1. The van der Waals surface area contributed by atoms with Crippen LogP contribution >= 0.6 is 11.6 Å². The third-order valence-corrected chi connectivity index (χ3v) is 3.09. The zero-order valence-electron chi connectivity index (χ0n) is 12.2. The van der Waals surface area contributed by atoms with Gasteiger partial charge in [-0.2, -0.15) is 18.3 Å². The highest BCUT2D eigenvalue weighted by molar-refractivity contribution is 6.30. The van der Waals surface area contributed by atoms with Gasteiger partial charge in [-0.15, -0.1) is 0 Å². The first-order valence-electron chi connectivity index (χ1n) is 6.73. The molecule has 0 atom stereocenters. The highest BCUT2D eigenvalue weighted by atomic mass is 35.5. The number of alkyl halides is 3. The van der Waals surface area contributed by atoms with E-state index < -0.39 is 17.6 Å². The maximum Gasteiger partial charge on any atom is 0.417 e. The molecule has 8 heteroatoms. The van der Waals surface area contributed by atoms with Crippen molar-refractivity contribution in [2.75, 3.05) is 6.61 Å². The van der Waals surface area contributed by atoms with E-state index in [1.807, 2.05) is 0 Å². The van der Waals surface area contributed by atoms with Gasteiger partial charge in [-0.05, 0) is 30.3 Å². The van der Waals surface area contributed by atoms with Crippen LogP contribution in [0.1, 0.15) is 11.1 Å². The summed E-state index contributed by atoms with van der Waals surface area (Å²) in [5.41, 5.74) is 1.12. The van der Waals surface area contributed by atoms with Crippen molar-refractivity contribution in [1.82, 2.24) is 5.43 Å². The normalized spacial score (nSPS) is 11.5. The fourth-order valence-corrected chi connectivity index (χ4v) is 1.88. The molecule has 0 aliphatic heterocycles. The lowest BCUT2D eigenvalue weighted by Crippen LogP contribution is -2.24. The Morgan fingerprint density at radius 3 is 2.50 bits per heavy atom. The summed E-state index contributed by atoms with van der Waals surface area (Å²) < 4.78 is 43.6. The molecule has 24 heavy (non-hydrogen) atoms. The van der Waals surface area contributed by atoms with Crippen molar-refractivity contribution in [3.63, 3.8) is 0 Å². The largest absolute Gasteiger partial charge is 0.484 e. The standard InChI is InChI=1S/C16H12ClF3N2O2/c17-12-5-7-13(8-6-12)24-10-15(23)22-21-9-11-3-1-2-4-14(11)16(18,19)20/h1-9H,10H2,(H,22,23)/b21-9-. The second-order valence-corrected chi connectivity index (χ2v) is 5.06. The highest BCUT2D eigenvalue weighted by Gasteiger charge is 2.32. The third kappa shape index (κ3) is 5.27. The summed E-state index contributed by atoms with van der Waals surface area (Å²) in [5.74, 6) is -0.174. The van der Waals surface area contributed by atoms with Gasteiger partial charge in [0.1, 0.15) is 5.75 Å². The second kappa shape index (κ2) is 7.83. The van der Waals surface area contributed by atoms with Crippen LogP contribution in [0.3, 0.4) is 0 Å². The van der Waals surface area contributed by atoms with E-state index in [9.17, 15) is 18.0 Å². The quantitative estimate of drug-likeness (QED) is 0.652. The van der Waals surface area contributed by atoms with Crippen molar-refractivity contribution in [3.8, 4) is 5.75 Å². The van der Waals surface area contributed by atoms with Crippen molar-refractivity contribution in [3.05, 3.63) is 64.7 Å².